The van der Waals surface area contributed by atoms with Gasteiger partial charge in [0.2, 0.25) is 0 Å². The summed E-state index contributed by atoms with van der Waals surface area (Å²) in [5.41, 5.74) is 0.952. The number of nitrogens with one attached hydrogen (secondary N) is 2. The lowest BCUT2D eigenvalue weighted by Gasteiger charge is -2.34. The molecule has 2 rings (SSSR count). The lowest BCUT2D eigenvalue weighted by atomic mass is 10.0. The molecule has 1 unspecified atom stereocenters. The molecule has 6 nitrogen and oxygen atoms in total. The third-order valence-corrected chi connectivity index (χ3v) is 4.45. The smallest absolute Gasteiger partial charge is 0.191 e. The van der Waals surface area contributed by atoms with Crippen LogP contribution in [-0.4, -0.2) is 70.0 Å². The van der Waals surface area contributed by atoms with E-state index in [4.69, 9.17) is 14.5 Å². The lowest BCUT2D eigenvalue weighted by Crippen LogP contribution is -2.42. The van der Waals surface area contributed by atoms with E-state index in [2.05, 4.69) is 15.5 Å². The van der Waals surface area contributed by atoms with Gasteiger partial charge in [-0.2, -0.15) is 0 Å². The Bertz CT molecular complexity index is 565. The molecule has 152 valence electrons. The van der Waals surface area contributed by atoms with Crippen LogP contribution in [0.5, 0.6) is 0 Å². The molecule has 0 aromatic heterocycles. The Morgan fingerprint density at radius 1 is 1.30 bits per heavy atom. The number of aliphatic imine (C=N–C) groups is 1. The third kappa shape index (κ3) is 7.82. The predicted octanol–water partition coefficient (Wildman–Crippen LogP) is 2.18. The van der Waals surface area contributed by atoms with Crippen molar-refractivity contribution in [1.29, 1.82) is 0 Å². The van der Waals surface area contributed by atoms with Gasteiger partial charge < -0.3 is 20.1 Å². The van der Waals surface area contributed by atoms with Gasteiger partial charge in [-0.05, 0) is 38.0 Å². The first-order valence-corrected chi connectivity index (χ1v) is 9.91. The van der Waals surface area contributed by atoms with Crippen LogP contribution in [0.25, 0.3) is 0 Å². The van der Waals surface area contributed by atoms with Crippen LogP contribution in [-0.2, 0) is 9.47 Å². The standard InChI is InChI=1S/C20H33FN4O2/c1-3-22-20(23-9-6-12-26-4-2)24-16-19(25-10-13-27-14-11-25)17-7-5-8-18(21)15-17/h5,7-8,15,19H,3-4,6,9-14,16H2,1-2H3,(H2,22,23,24). The van der Waals surface area contributed by atoms with E-state index >= 15 is 0 Å². The molecule has 0 radical (unpaired) electrons. The summed E-state index contributed by atoms with van der Waals surface area (Å²) in [5.74, 6) is 0.569. The van der Waals surface area contributed by atoms with Gasteiger partial charge in [0.1, 0.15) is 5.82 Å². The van der Waals surface area contributed by atoms with Gasteiger partial charge >= 0.3 is 0 Å². The first kappa shape index (κ1) is 21.6. The van der Waals surface area contributed by atoms with Crippen molar-refractivity contribution < 1.29 is 13.9 Å². The summed E-state index contributed by atoms with van der Waals surface area (Å²) < 4.78 is 24.6. The fourth-order valence-electron chi connectivity index (χ4n) is 3.08. The first-order valence-electron chi connectivity index (χ1n) is 9.91. The highest BCUT2D eigenvalue weighted by Crippen LogP contribution is 2.23. The molecule has 1 aliphatic rings. The van der Waals surface area contributed by atoms with Gasteiger partial charge in [0.15, 0.2) is 5.96 Å². The highest BCUT2D eigenvalue weighted by Gasteiger charge is 2.23. The predicted molar refractivity (Wildman–Crippen MR) is 107 cm³/mol. The number of hydrogen-bond donors (Lipinski definition) is 2. The Kier molecular flexibility index (Phi) is 10.1. The molecular weight excluding hydrogens is 347 g/mol. The molecule has 1 aliphatic heterocycles. The molecule has 1 heterocycles. The van der Waals surface area contributed by atoms with Crippen LogP contribution < -0.4 is 10.6 Å². The fourth-order valence-corrected chi connectivity index (χ4v) is 3.08. The largest absolute Gasteiger partial charge is 0.382 e. The van der Waals surface area contributed by atoms with Crippen LogP contribution in [0.1, 0.15) is 31.9 Å². The van der Waals surface area contributed by atoms with Gasteiger partial charge in [-0.3, -0.25) is 9.89 Å². The topological polar surface area (TPSA) is 58.1 Å². The van der Waals surface area contributed by atoms with E-state index in [1.54, 1.807) is 12.1 Å². The number of hydrogen-bond acceptors (Lipinski definition) is 4. The van der Waals surface area contributed by atoms with E-state index in [9.17, 15) is 4.39 Å². The van der Waals surface area contributed by atoms with Crippen LogP contribution in [0.15, 0.2) is 29.3 Å². The Hall–Kier alpha value is -1.70. The van der Waals surface area contributed by atoms with Crippen molar-refractivity contribution in [2.75, 3.05) is 59.2 Å². The van der Waals surface area contributed by atoms with Gasteiger partial charge in [-0.25, -0.2) is 4.39 Å². The van der Waals surface area contributed by atoms with Crippen LogP contribution in [0.4, 0.5) is 4.39 Å². The molecule has 0 spiro atoms. The van der Waals surface area contributed by atoms with E-state index in [1.807, 2.05) is 19.9 Å². The molecule has 7 heteroatoms. The Morgan fingerprint density at radius 3 is 2.81 bits per heavy atom. The number of nitrogens with zero attached hydrogens (tertiary/aromatic N) is 2. The Labute approximate surface area is 162 Å². The van der Waals surface area contributed by atoms with Gasteiger partial charge in [0, 0.05) is 39.4 Å². The maximum atomic E-state index is 13.8. The quantitative estimate of drug-likeness (QED) is 0.370. The Morgan fingerprint density at radius 2 is 2.11 bits per heavy atom. The van der Waals surface area contributed by atoms with E-state index in [-0.39, 0.29) is 11.9 Å². The second-order valence-electron chi connectivity index (χ2n) is 6.42. The zero-order valence-corrected chi connectivity index (χ0v) is 16.5. The number of ether oxygens (including phenoxy) is 2. The molecule has 1 saturated heterocycles. The van der Waals surface area contributed by atoms with Gasteiger partial charge in [-0.1, -0.05) is 12.1 Å². The summed E-state index contributed by atoms with van der Waals surface area (Å²) in [6.45, 7) is 10.7. The zero-order chi connectivity index (χ0) is 19.3. The van der Waals surface area contributed by atoms with E-state index in [0.717, 1.165) is 57.3 Å². The number of rotatable bonds is 10. The average molecular weight is 381 g/mol. The summed E-state index contributed by atoms with van der Waals surface area (Å²) >= 11 is 0. The first-order chi connectivity index (χ1) is 13.2. The van der Waals surface area contributed by atoms with E-state index in [1.165, 1.54) is 6.07 Å². The fraction of sp³-hybridized carbons (Fsp3) is 0.650. The molecule has 1 atom stereocenters. The molecule has 0 bridgehead atoms. The molecular formula is C20H33FN4O2. The SMILES string of the molecule is CCNC(=NCC(c1cccc(F)c1)N1CCOCC1)NCCCOCC. The summed E-state index contributed by atoms with van der Waals surface area (Å²) in [5, 5.41) is 6.62. The van der Waals surface area contributed by atoms with Crippen molar-refractivity contribution in [3.8, 4) is 0 Å². The minimum Gasteiger partial charge on any atom is -0.382 e. The highest BCUT2D eigenvalue weighted by molar-refractivity contribution is 5.79. The van der Waals surface area contributed by atoms with Crippen molar-refractivity contribution >= 4 is 5.96 Å². The molecule has 2 N–H and O–H groups in total. The normalized spacial score (nSPS) is 16.9. The number of benzene rings is 1. The van der Waals surface area contributed by atoms with Crippen LogP contribution in [0, 0.1) is 5.82 Å². The van der Waals surface area contributed by atoms with Gasteiger partial charge in [0.05, 0.1) is 25.8 Å². The minimum atomic E-state index is -0.212. The van der Waals surface area contributed by atoms with Crippen molar-refractivity contribution in [1.82, 2.24) is 15.5 Å². The summed E-state index contributed by atoms with van der Waals surface area (Å²) in [7, 11) is 0. The van der Waals surface area contributed by atoms with Crippen molar-refractivity contribution in [2.45, 2.75) is 26.3 Å². The molecule has 1 aromatic rings. The second kappa shape index (κ2) is 12.6. The number of halogens is 1. The molecule has 0 saturated carbocycles. The molecule has 1 fully saturated rings. The van der Waals surface area contributed by atoms with Crippen molar-refractivity contribution in [2.24, 2.45) is 4.99 Å². The van der Waals surface area contributed by atoms with Crippen LogP contribution >= 0.6 is 0 Å². The third-order valence-electron chi connectivity index (χ3n) is 4.45. The maximum Gasteiger partial charge on any atom is 0.191 e. The minimum absolute atomic E-state index is 0.0310. The zero-order valence-electron chi connectivity index (χ0n) is 16.5. The summed E-state index contributed by atoms with van der Waals surface area (Å²) in [6, 6.07) is 6.86. The molecule has 0 aliphatic carbocycles. The molecule has 0 amide bonds. The van der Waals surface area contributed by atoms with E-state index in [0.29, 0.717) is 19.8 Å². The van der Waals surface area contributed by atoms with Crippen LogP contribution in [0.3, 0.4) is 0 Å². The monoisotopic (exact) mass is 380 g/mol. The second-order valence-corrected chi connectivity index (χ2v) is 6.42. The number of morpholine rings is 1. The van der Waals surface area contributed by atoms with E-state index < -0.39 is 0 Å². The highest BCUT2D eigenvalue weighted by atomic mass is 19.1. The molecule has 27 heavy (non-hydrogen) atoms. The Balaban J connectivity index is 2.03. The average Bonchev–Trinajstić information content (AvgIpc) is 2.69. The van der Waals surface area contributed by atoms with Gasteiger partial charge in [0.25, 0.3) is 0 Å². The maximum absolute atomic E-state index is 13.8. The van der Waals surface area contributed by atoms with Crippen molar-refractivity contribution in [3.05, 3.63) is 35.6 Å². The van der Waals surface area contributed by atoms with Crippen LogP contribution in [0.2, 0.25) is 0 Å². The summed E-state index contributed by atoms with van der Waals surface area (Å²) in [6.07, 6.45) is 0.926. The number of guanidine groups is 1. The lowest BCUT2D eigenvalue weighted by molar-refractivity contribution is 0.0179. The molecule has 1 aromatic carbocycles. The van der Waals surface area contributed by atoms with Crippen molar-refractivity contribution in [3.63, 3.8) is 0 Å². The van der Waals surface area contributed by atoms with Gasteiger partial charge in [-0.15, -0.1) is 0 Å². The summed E-state index contributed by atoms with van der Waals surface area (Å²) in [4.78, 5) is 7.08.